The second-order valence-electron chi connectivity index (χ2n) is 3.02. The number of hydrogen-bond donors (Lipinski definition) is 0. The molecule has 16 heavy (non-hydrogen) atoms. The van der Waals surface area contributed by atoms with Gasteiger partial charge in [0.25, 0.3) is 0 Å². The van der Waals surface area contributed by atoms with Crippen LogP contribution in [-0.2, 0) is 21.7 Å². The van der Waals surface area contributed by atoms with Gasteiger partial charge >= 0.3 is 21.7 Å². The van der Waals surface area contributed by atoms with Crippen molar-refractivity contribution in [2.75, 3.05) is 0 Å². The summed E-state index contributed by atoms with van der Waals surface area (Å²) in [6.45, 7) is 4.10. The zero-order valence-corrected chi connectivity index (χ0v) is 12.5. The molecular formula is C13H14Cl2Ti-2. The molecule has 0 bridgehead atoms. The third-order valence-electron chi connectivity index (χ3n) is 1.67. The summed E-state index contributed by atoms with van der Waals surface area (Å²) in [4.78, 5) is 0. The van der Waals surface area contributed by atoms with Gasteiger partial charge in [0.15, 0.2) is 0 Å². The van der Waals surface area contributed by atoms with Crippen LogP contribution in [0.5, 0.6) is 0 Å². The molecule has 1 aliphatic carbocycles. The molecule has 2 rings (SSSR count). The third kappa shape index (κ3) is 10.5. The second-order valence-corrected chi connectivity index (χ2v) is 3.02. The SMILES string of the molecule is Cc1[c-]c(C)ccc1.[C-]1=CC=CC1.[Cl-].[Cl-].[Ti+2]. The first-order valence-corrected chi connectivity index (χ1v) is 4.46. The molecule has 0 nitrogen and oxygen atoms in total. The van der Waals surface area contributed by atoms with E-state index in [9.17, 15) is 0 Å². The van der Waals surface area contributed by atoms with Gasteiger partial charge in [-0.2, -0.15) is 41.5 Å². The Kier molecular flexibility index (Phi) is 17.4. The van der Waals surface area contributed by atoms with E-state index in [1.54, 1.807) is 0 Å². The van der Waals surface area contributed by atoms with Crippen LogP contribution in [0, 0.1) is 26.0 Å². The summed E-state index contributed by atoms with van der Waals surface area (Å²) in [6, 6.07) is 9.31. The largest absolute Gasteiger partial charge is 2.00 e. The van der Waals surface area contributed by atoms with Gasteiger partial charge in [-0.15, -0.1) is 6.42 Å². The first-order valence-electron chi connectivity index (χ1n) is 4.46. The first kappa shape index (κ1) is 21.3. The molecule has 3 heteroatoms. The smallest absolute Gasteiger partial charge is 1.00 e. The minimum absolute atomic E-state index is 0. The van der Waals surface area contributed by atoms with Crippen LogP contribution in [0.15, 0.2) is 36.4 Å². The fourth-order valence-electron chi connectivity index (χ4n) is 1.07. The van der Waals surface area contributed by atoms with Crippen molar-refractivity contribution in [2.24, 2.45) is 0 Å². The topological polar surface area (TPSA) is 0 Å². The molecule has 0 atom stereocenters. The molecule has 0 amide bonds. The Morgan fingerprint density at radius 2 is 1.62 bits per heavy atom. The van der Waals surface area contributed by atoms with Crippen molar-refractivity contribution in [3.63, 3.8) is 0 Å². The van der Waals surface area contributed by atoms with Crippen molar-refractivity contribution in [3.8, 4) is 0 Å². The van der Waals surface area contributed by atoms with Gasteiger partial charge in [0.05, 0.1) is 0 Å². The van der Waals surface area contributed by atoms with E-state index in [4.69, 9.17) is 0 Å². The molecular weight excluding hydrogens is 275 g/mol. The molecule has 1 aliphatic rings. The number of benzene rings is 1. The van der Waals surface area contributed by atoms with Gasteiger partial charge in [-0.3, -0.25) is 6.08 Å². The maximum atomic E-state index is 3.17. The number of aryl methyl sites for hydroxylation is 2. The maximum Gasteiger partial charge on any atom is 2.00 e. The van der Waals surface area contributed by atoms with Crippen molar-refractivity contribution < 1.29 is 46.5 Å². The Labute approximate surface area is 126 Å². The molecule has 0 heterocycles. The Morgan fingerprint density at radius 3 is 1.81 bits per heavy atom. The van der Waals surface area contributed by atoms with Gasteiger partial charge in [-0.25, -0.2) is 12.2 Å². The predicted molar refractivity (Wildman–Crippen MR) is 56.3 cm³/mol. The minimum atomic E-state index is 0. The van der Waals surface area contributed by atoms with Crippen LogP contribution < -0.4 is 24.8 Å². The van der Waals surface area contributed by atoms with E-state index in [-0.39, 0.29) is 46.5 Å². The predicted octanol–water partition coefficient (Wildman–Crippen LogP) is -2.59. The molecule has 0 unspecified atom stereocenters. The third-order valence-corrected chi connectivity index (χ3v) is 1.67. The monoisotopic (exact) mass is 288 g/mol. The molecule has 0 spiro atoms. The van der Waals surface area contributed by atoms with Crippen LogP contribution >= 0.6 is 0 Å². The number of halogens is 2. The summed E-state index contributed by atoms with van der Waals surface area (Å²) in [5.41, 5.74) is 2.43. The summed E-state index contributed by atoms with van der Waals surface area (Å²) in [5.74, 6) is 0. The van der Waals surface area contributed by atoms with E-state index in [0.717, 1.165) is 6.42 Å². The van der Waals surface area contributed by atoms with Crippen molar-refractivity contribution >= 4 is 0 Å². The summed E-state index contributed by atoms with van der Waals surface area (Å²) in [5, 5.41) is 0. The fourth-order valence-corrected chi connectivity index (χ4v) is 1.07. The van der Waals surface area contributed by atoms with Crippen molar-refractivity contribution in [2.45, 2.75) is 20.3 Å². The van der Waals surface area contributed by atoms with Crippen molar-refractivity contribution in [3.05, 3.63) is 59.7 Å². The van der Waals surface area contributed by atoms with Crippen LogP contribution in [0.2, 0.25) is 0 Å². The number of allylic oxidation sites excluding steroid dienone is 4. The molecule has 0 aliphatic heterocycles. The van der Waals surface area contributed by atoms with E-state index in [1.165, 1.54) is 11.1 Å². The maximum absolute atomic E-state index is 3.17. The Balaban J connectivity index is -0.000000189. The number of hydrogen-bond acceptors (Lipinski definition) is 0. The van der Waals surface area contributed by atoms with Crippen LogP contribution in [-0.4, -0.2) is 0 Å². The molecule has 0 saturated heterocycles. The van der Waals surface area contributed by atoms with Crippen molar-refractivity contribution in [1.82, 2.24) is 0 Å². The van der Waals surface area contributed by atoms with Crippen molar-refractivity contribution in [1.29, 1.82) is 0 Å². The van der Waals surface area contributed by atoms with Gasteiger partial charge in [0, 0.05) is 0 Å². The summed E-state index contributed by atoms with van der Waals surface area (Å²) >= 11 is 0. The fraction of sp³-hybridized carbons (Fsp3) is 0.231. The van der Waals surface area contributed by atoms with Gasteiger partial charge in [0.1, 0.15) is 0 Å². The Bertz CT molecular complexity index is 292. The normalized spacial score (nSPS) is 10.1. The summed E-state index contributed by atoms with van der Waals surface area (Å²) in [6.07, 6.45) is 10.0. The minimum Gasteiger partial charge on any atom is -1.00 e. The van der Waals surface area contributed by atoms with E-state index in [1.807, 2.05) is 44.2 Å². The molecule has 0 aromatic heterocycles. The summed E-state index contributed by atoms with van der Waals surface area (Å²) < 4.78 is 0. The molecule has 1 aromatic carbocycles. The van der Waals surface area contributed by atoms with Gasteiger partial charge in [0.2, 0.25) is 0 Å². The first-order chi connectivity index (χ1) is 6.29. The zero-order valence-electron chi connectivity index (χ0n) is 9.43. The average molecular weight is 289 g/mol. The Hall–Kier alpha value is -0.00571. The summed E-state index contributed by atoms with van der Waals surface area (Å²) in [7, 11) is 0. The second kappa shape index (κ2) is 13.1. The van der Waals surface area contributed by atoms with Crippen LogP contribution in [0.3, 0.4) is 0 Å². The van der Waals surface area contributed by atoms with E-state index < -0.39 is 0 Å². The van der Waals surface area contributed by atoms with Gasteiger partial charge in [-0.05, 0) is 0 Å². The zero-order chi connectivity index (χ0) is 9.52. The van der Waals surface area contributed by atoms with Crippen LogP contribution in [0.4, 0.5) is 0 Å². The molecule has 0 radical (unpaired) electrons. The quantitative estimate of drug-likeness (QED) is 0.363. The van der Waals surface area contributed by atoms with Crippen LogP contribution in [0.1, 0.15) is 17.5 Å². The average Bonchev–Trinajstić information content (AvgIpc) is 2.59. The standard InChI is InChI=1S/C8H9.C5H5.2ClH.Ti/c1-7-4-3-5-8(2)6-7;1-2-4-5-3-1;;;/h3-5H,1-2H3;1-3H,4H2;2*1H;/q2*-1;;;+2/p-2. The molecule has 86 valence electrons. The van der Waals surface area contributed by atoms with E-state index >= 15 is 0 Å². The Morgan fingerprint density at radius 1 is 1.06 bits per heavy atom. The molecule has 0 saturated carbocycles. The van der Waals surface area contributed by atoms with Gasteiger partial charge < -0.3 is 24.8 Å². The number of rotatable bonds is 0. The van der Waals surface area contributed by atoms with E-state index in [2.05, 4.69) is 18.2 Å². The van der Waals surface area contributed by atoms with Crippen LogP contribution in [0.25, 0.3) is 0 Å². The van der Waals surface area contributed by atoms with Gasteiger partial charge in [-0.1, -0.05) is 13.8 Å². The molecule has 0 N–H and O–H groups in total. The molecule has 0 fully saturated rings. The molecule has 1 aromatic rings. The van der Waals surface area contributed by atoms with E-state index in [0.29, 0.717) is 0 Å².